The maximum absolute atomic E-state index is 12.1. The van der Waals surface area contributed by atoms with E-state index in [2.05, 4.69) is 15.3 Å². The van der Waals surface area contributed by atoms with Gasteiger partial charge in [0.1, 0.15) is 27.6 Å². The number of esters is 1. The first kappa shape index (κ1) is 17.2. The first-order valence-corrected chi connectivity index (χ1v) is 8.69. The standard InChI is InChI=1S/C18H19N3O3S/c1-5-24-18(22)15-11(3)14-16(19-9-20-17(14)25-15)21-12-8-10(2)6-7-13(12)23-4/h6-9H,5H2,1-4H3,(H,19,20,21). The van der Waals surface area contributed by atoms with Crippen LogP contribution in [0.1, 0.15) is 27.7 Å². The van der Waals surface area contributed by atoms with E-state index >= 15 is 0 Å². The number of fused-ring (bicyclic) bond motifs is 1. The third-order valence-electron chi connectivity index (χ3n) is 3.80. The van der Waals surface area contributed by atoms with Gasteiger partial charge in [0.05, 0.1) is 24.8 Å². The average Bonchev–Trinajstić information content (AvgIpc) is 2.93. The number of nitrogens with one attached hydrogen (secondary N) is 1. The molecule has 0 aliphatic carbocycles. The molecule has 0 atom stereocenters. The van der Waals surface area contributed by atoms with Crippen molar-refractivity contribution in [3.8, 4) is 5.75 Å². The predicted octanol–water partition coefficient (Wildman–Crippen LogP) is 4.24. The Kier molecular flexibility index (Phi) is 4.85. The summed E-state index contributed by atoms with van der Waals surface area (Å²) in [4.78, 5) is 22.1. The van der Waals surface area contributed by atoms with E-state index in [9.17, 15) is 4.79 Å². The second kappa shape index (κ2) is 7.06. The van der Waals surface area contributed by atoms with Crippen molar-refractivity contribution in [2.45, 2.75) is 20.8 Å². The van der Waals surface area contributed by atoms with Crippen molar-refractivity contribution >= 4 is 39.0 Å². The van der Waals surface area contributed by atoms with E-state index in [0.717, 1.165) is 32.8 Å². The number of nitrogens with zero attached hydrogens (tertiary/aromatic N) is 2. The Bertz CT molecular complexity index is 937. The largest absolute Gasteiger partial charge is 0.495 e. The van der Waals surface area contributed by atoms with Crippen molar-refractivity contribution in [3.05, 3.63) is 40.5 Å². The molecule has 0 bridgehead atoms. The summed E-state index contributed by atoms with van der Waals surface area (Å²) < 4.78 is 10.5. The van der Waals surface area contributed by atoms with Gasteiger partial charge in [-0.3, -0.25) is 0 Å². The number of hydrogen-bond donors (Lipinski definition) is 1. The topological polar surface area (TPSA) is 73.3 Å². The number of anilines is 2. The maximum atomic E-state index is 12.1. The highest BCUT2D eigenvalue weighted by Crippen LogP contribution is 2.36. The summed E-state index contributed by atoms with van der Waals surface area (Å²) in [6.45, 7) is 6.02. The molecule has 0 aliphatic rings. The summed E-state index contributed by atoms with van der Waals surface area (Å²) in [6.07, 6.45) is 1.48. The number of aromatic nitrogens is 2. The SMILES string of the molecule is CCOC(=O)c1sc2ncnc(Nc3cc(C)ccc3OC)c2c1C. The van der Waals surface area contributed by atoms with Crippen molar-refractivity contribution in [2.24, 2.45) is 0 Å². The lowest BCUT2D eigenvalue weighted by molar-refractivity contribution is 0.0531. The molecule has 0 unspecified atom stereocenters. The minimum absolute atomic E-state index is 0.331. The fraction of sp³-hybridized carbons (Fsp3) is 0.278. The summed E-state index contributed by atoms with van der Waals surface area (Å²) >= 11 is 1.31. The third kappa shape index (κ3) is 3.28. The van der Waals surface area contributed by atoms with Gasteiger partial charge < -0.3 is 14.8 Å². The van der Waals surface area contributed by atoms with E-state index in [0.29, 0.717) is 17.3 Å². The van der Waals surface area contributed by atoms with Crippen molar-refractivity contribution in [1.82, 2.24) is 9.97 Å². The Morgan fingerprint density at radius 1 is 1.28 bits per heavy atom. The van der Waals surface area contributed by atoms with Crippen molar-refractivity contribution in [1.29, 1.82) is 0 Å². The Balaban J connectivity index is 2.09. The fourth-order valence-electron chi connectivity index (χ4n) is 2.60. The van der Waals surface area contributed by atoms with Gasteiger partial charge in [0, 0.05) is 0 Å². The highest BCUT2D eigenvalue weighted by Gasteiger charge is 2.20. The molecule has 0 radical (unpaired) electrons. The monoisotopic (exact) mass is 357 g/mol. The van der Waals surface area contributed by atoms with E-state index in [1.165, 1.54) is 17.7 Å². The molecular formula is C18H19N3O3S. The molecule has 0 saturated carbocycles. The molecule has 0 spiro atoms. The van der Waals surface area contributed by atoms with Crippen molar-refractivity contribution in [3.63, 3.8) is 0 Å². The number of hydrogen-bond acceptors (Lipinski definition) is 7. The van der Waals surface area contributed by atoms with Gasteiger partial charge in [0.25, 0.3) is 0 Å². The van der Waals surface area contributed by atoms with Gasteiger partial charge in [0.2, 0.25) is 0 Å². The molecular weight excluding hydrogens is 338 g/mol. The molecule has 2 aromatic heterocycles. The summed E-state index contributed by atoms with van der Waals surface area (Å²) in [5.41, 5.74) is 2.72. The molecule has 0 aliphatic heterocycles. The van der Waals surface area contributed by atoms with Crippen LogP contribution in [0.25, 0.3) is 10.2 Å². The molecule has 1 N–H and O–H groups in total. The van der Waals surface area contributed by atoms with Crippen LogP contribution >= 0.6 is 11.3 Å². The highest BCUT2D eigenvalue weighted by molar-refractivity contribution is 7.20. The minimum atomic E-state index is -0.331. The Morgan fingerprint density at radius 3 is 2.80 bits per heavy atom. The molecule has 0 fully saturated rings. The van der Waals surface area contributed by atoms with E-state index in [1.54, 1.807) is 14.0 Å². The number of carbonyl (C=O) groups is 1. The second-order valence-electron chi connectivity index (χ2n) is 5.51. The van der Waals surface area contributed by atoms with Gasteiger partial charge in [0.15, 0.2) is 0 Å². The summed E-state index contributed by atoms with van der Waals surface area (Å²) in [7, 11) is 1.63. The van der Waals surface area contributed by atoms with Crippen LogP contribution in [0.15, 0.2) is 24.5 Å². The fourth-order valence-corrected chi connectivity index (χ4v) is 3.65. The molecule has 3 rings (SSSR count). The molecule has 25 heavy (non-hydrogen) atoms. The molecule has 130 valence electrons. The van der Waals surface area contributed by atoms with E-state index < -0.39 is 0 Å². The zero-order valence-electron chi connectivity index (χ0n) is 14.5. The summed E-state index contributed by atoms with van der Waals surface area (Å²) in [5.74, 6) is 1.02. The van der Waals surface area contributed by atoms with Crippen LogP contribution in [-0.4, -0.2) is 29.7 Å². The number of rotatable bonds is 5. The van der Waals surface area contributed by atoms with Crippen molar-refractivity contribution < 1.29 is 14.3 Å². The van der Waals surface area contributed by atoms with Crippen LogP contribution < -0.4 is 10.1 Å². The van der Waals surface area contributed by atoms with Crippen LogP contribution in [0.5, 0.6) is 5.75 Å². The molecule has 0 amide bonds. The van der Waals surface area contributed by atoms with Crippen LogP contribution in [0.2, 0.25) is 0 Å². The Labute approximate surface area is 149 Å². The smallest absolute Gasteiger partial charge is 0.348 e. The zero-order chi connectivity index (χ0) is 18.0. The van der Waals surface area contributed by atoms with E-state index in [4.69, 9.17) is 9.47 Å². The molecule has 1 aromatic carbocycles. The van der Waals surface area contributed by atoms with E-state index in [-0.39, 0.29) is 5.97 Å². The lowest BCUT2D eigenvalue weighted by Crippen LogP contribution is -2.03. The van der Waals surface area contributed by atoms with Gasteiger partial charge in [-0.1, -0.05) is 6.07 Å². The summed E-state index contributed by atoms with van der Waals surface area (Å²) in [5, 5.41) is 4.13. The molecule has 3 aromatic rings. The number of benzene rings is 1. The Morgan fingerprint density at radius 2 is 2.08 bits per heavy atom. The maximum Gasteiger partial charge on any atom is 0.348 e. The zero-order valence-corrected chi connectivity index (χ0v) is 15.4. The van der Waals surface area contributed by atoms with Gasteiger partial charge in [-0.25, -0.2) is 14.8 Å². The number of ether oxygens (including phenoxy) is 2. The molecule has 2 heterocycles. The van der Waals surface area contributed by atoms with Crippen LogP contribution in [0.3, 0.4) is 0 Å². The first-order chi connectivity index (χ1) is 12.0. The van der Waals surface area contributed by atoms with Gasteiger partial charge in [-0.05, 0) is 44.0 Å². The van der Waals surface area contributed by atoms with Gasteiger partial charge >= 0.3 is 5.97 Å². The molecule has 0 saturated heterocycles. The lowest BCUT2D eigenvalue weighted by Gasteiger charge is -2.12. The normalized spacial score (nSPS) is 10.7. The molecule has 6 nitrogen and oxygen atoms in total. The highest BCUT2D eigenvalue weighted by atomic mass is 32.1. The number of carbonyl (C=O) groups excluding carboxylic acids is 1. The minimum Gasteiger partial charge on any atom is -0.495 e. The van der Waals surface area contributed by atoms with Crippen LogP contribution in [-0.2, 0) is 4.74 Å². The first-order valence-electron chi connectivity index (χ1n) is 7.88. The predicted molar refractivity (Wildman–Crippen MR) is 99.1 cm³/mol. The lowest BCUT2D eigenvalue weighted by atomic mass is 10.1. The van der Waals surface area contributed by atoms with Crippen LogP contribution in [0, 0.1) is 13.8 Å². The quantitative estimate of drug-likeness (QED) is 0.689. The number of methoxy groups -OCH3 is 1. The molecule has 7 heteroatoms. The van der Waals surface area contributed by atoms with E-state index in [1.807, 2.05) is 32.0 Å². The third-order valence-corrected chi connectivity index (χ3v) is 4.98. The van der Waals surface area contributed by atoms with Crippen LogP contribution in [0.4, 0.5) is 11.5 Å². The Hall–Kier alpha value is -2.67. The summed E-state index contributed by atoms with van der Waals surface area (Å²) in [6, 6.07) is 5.87. The van der Waals surface area contributed by atoms with Crippen molar-refractivity contribution in [2.75, 3.05) is 19.0 Å². The number of thiophene rings is 1. The average molecular weight is 357 g/mol. The van der Waals surface area contributed by atoms with Gasteiger partial charge in [-0.2, -0.15) is 0 Å². The van der Waals surface area contributed by atoms with Gasteiger partial charge in [-0.15, -0.1) is 11.3 Å². The second-order valence-corrected chi connectivity index (χ2v) is 6.51. The number of aryl methyl sites for hydroxylation is 2.